The van der Waals surface area contributed by atoms with Crippen molar-refractivity contribution in [2.24, 2.45) is 11.8 Å². The number of benzene rings is 6. The van der Waals surface area contributed by atoms with E-state index in [9.17, 15) is 28.6 Å². The number of hydrogen-bond acceptors (Lipinski definition) is 16. The summed E-state index contributed by atoms with van der Waals surface area (Å²) < 4.78 is 68.4. The molecule has 4 aromatic heterocycles. The minimum Gasteiger partial charge on any atom is -0.493 e. The summed E-state index contributed by atoms with van der Waals surface area (Å²) in [5.41, 5.74) is 9.55. The number of para-hydroxylation sites is 2. The van der Waals surface area contributed by atoms with Crippen molar-refractivity contribution >= 4 is 46.2 Å². The number of carbonyl (C=O) groups is 2. The van der Waals surface area contributed by atoms with Crippen molar-refractivity contribution < 1.29 is 57.0 Å². The molecule has 2 aliphatic heterocycles. The van der Waals surface area contributed by atoms with Crippen LogP contribution in [0.3, 0.4) is 0 Å². The lowest BCUT2D eigenvalue weighted by molar-refractivity contribution is -0.146. The van der Waals surface area contributed by atoms with Gasteiger partial charge < -0.3 is 48.4 Å². The molecule has 6 heterocycles. The number of ether oxygens (including phenoxy) is 6. The summed E-state index contributed by atoms with van der Waals surface area (Å²) in [6, 6.07) is 34.7. The third kappa shape index (κ3) is 17.0. The van der Waals surface area contributed by atoms with E-state index in [-0.39, 0.29) is 36.2 Å². The summed E-state index contributed by atoms with van der Waals surface area (Å²) in [5.74, 6) is 0.659. The topological polar surface area (TPSA) is 203 Å². The Morgan fingerprint density at radius 3 is 1.25 bits per heavy atom. The summed E-state index contributed by atoms with van der Waals surface area (Å²) >= 11 is 14.0. The van der Waals surface area contributed by atoms with Gasteiger partial charge in [0, 0.05) is 113 Å². The predicted molar refractivity (Wildman–Crippen MR) is 387 cm³/mol. The van der Waals surface area contributed by atoms with Gasteiger partial charge in [0.1, 0.15) is 71.5 Å². The summed E-state index contributed by atoms with van der Waals surface area (Å²) in [6.07, 6.45) is 8.36. The molecule has 532 valence electrons. The number of halogens is 4. The zero-order chi connectivity index (χ0) is 71.0. The Bertz CT molecular complexity index is 4310. The van der Waals surface area contributed by atoms with Gasteiger partial charge in [-0.15, -0.1) is 0 Å². The van der Waals surface area contributed by atoms with E-state index in [1.165, 1.54) is 36.9 Å². The molecular formula is C78H82Cl2F2N10O10. The third-order valence-corrected chi connectivity index (χ3v) is 20.3. The van der Waals surface area contributed by atoms with E-state index >= 15 is 0 Å². The van der Waals surface area contributed by atoms with Gasteiger partial charge in [-0.1, -0.05) is 96.0 Å². The van der Waals surface area contributed by atoms with Crippen LogP contribution >= 0.6 is 23.2 Å². The Kier molecular flexibility index (Phi) is 22.5. The minimum absolute atomic E-state index is 0.0538. The molecule has 2 atom stereocenters. The Labute approximate surface area is 600 Å². The van der Waals surface area contributed by atoms with E-state index in [1.54, 1.807) is 45.7 Å². The summed E-state index contributed by atoms with van der Waals surface area (Å²) in [6.45, 7) is 15.7. The van der Waals surface area contributed by atoms with E-state index in [0.717, 1.165) is 136 Å². The molecule has 102 heavy (non-hydrogen) atoms. The van der Waals surface area contributed by atoms with Crippen LogP contribution in [-0.4, -0.2) is 189 Å². The van der Waals surface area contributed by atoms with Crippen LogP contribution in [0, 0.1) is 37.3 Å². The van der Waals surface area contributed by atoms with Crippen LogP contribution in [0.2, 0.25) is 10.0 Å². The third-order valence-electron chi connectivity index (χ3n) is 19.3. The lowest BCUT2D eigenvalue weighted by atomic mass is 9.94. The molecule has 0 radical (unpaired) electrons. The number of piperazine rings is 2. The highest BCUT2D eigenvalue weighted by atomic mass is 35.5. The Hall–Kier alpha value is -9.42. The molecule has 14 rings (SSSR count). The second kappa shape index (κ2) is 32.3. The van der Waals surface area contributed by atoms with Gasteiger partial charge in [-0.3, -0.25) is 9.80 Å². The lowest BCUT2D eigenvalue weighted by Gasteiger charge is -2.32. The van der Waals surface area contributed by atoms with Gasteiger partial charge in [-0.25, -0.2) is 27.4 Å². The average molecular weight is 1430 g/mol. The van der Waals surface area contributed by atoms with Crippen LogP contribution in [0.15, 0.2) is 146 Å². The molecule has 0 unspecified atom stereocenters. The molecule has 24 heteroatoms. The first-order chi connectivity index (χ1) is 49.5. The second-order valence-corrected chi connectivity index (χ2v) is 27.4. The van der Waals surface area contributed by atoms with E-state index < -0.39 is 24.1 Å². The molecule has 4 fully saturated rings. The number of aromatic nitrogens is 6. The van der Waals surface area contributed by atoms with Crippen LogP contribution in [-0.2, 0) is 22.4 Å². The van der Waals surface area contributed by atoms with Gasteiger partial charge in [0.2, 0.25) is 24.0 Å². The van der Waals surface area contributed by atoms with Gasteiger partial charge in [-0.05, 0) is 159 Å². The molecule has 0 bridgehead atoms. The molecule has 4 aliphatic rings. The molecule has 2 saturated carbocycles. The second-order valence-electron chi connectivity index (χ2n) is 26.7. The smallest absolute Gasteiger partial charge is 0.345 e. The number of carboxylic acids is 2. The van der Waals surface area contributed by atoms with Crippen LogP contribution in [0.25, 0.3) is 55.5 Å². The van der Waals surface area contributed by atoms with Gasteiger partial charge in [0.05, 0.1) is 23.3 Å². The van der Waals surface area contributed by atoms with Crippen LogP contribution in [0.5, 0.6) is 34.8 Å². The maximum Gasteiger partial charge on any atom is 0.345 e. The van der Waals surface area contributed by atoms with Crippen molar-refractivity contribution in [2.75, 3.05) is 106 Å². The highest BCUT2D eigenvalue weighted by molar-refractivity contribution is 6.33. The summed E-state index contributed by atoms with van der Waals surface area (Å²) in [4.78, 5) is 43.7. The number of rotatable bonds is 28. The van der Waals surface area contributed by atoms with E-state index in [1.807, 2.05) is 86.6 Å². The highest BCUT2D eigenvalue weighted by Gasteiger charge is 2.32. The average Bonchev–Trinajstić information content (AvgIpc) is 1.63. The SMILES string of the molecule is Cc1c(-c2c(-c3ccc(F)cc3)cn3ncnc(O[C@H](Cc4ccccc4OCC4CC4)C(=O)O)c23)ccc(OCCN2CCN(C)CC2)c1Cl.Cc1c(-c2c(-c3ccc(F)cc3)cn3ncnc(O[C@H](Cc4ccccc4OCC4CC4)C(=O)O)c23)ccc(OCCN2CCN(C)CC2)c1Cl. The standard InChI is InChI=1S/2C39H41ClFN5O5/c2*1-25-30(13-14-33(36(25)40)49-20-19-45-17-15-44(2)16-18-45)35-31(27-9-11-29(41)12-10-27)22-46-37(35)38(42-24-43-46)51-34(39(47)48)21-28-5-3-4-6-32(28)50-23-26-7-8-26/h2*3-6,9-14,22,24,26,34H,7-8,15-21,23H2,1-2H3,(H,47,48)/t2*34-/m11/s1. The van der Waals surface area contributed by atoms with Crippen LogP contribution in [0.4, 0.5) is 8.78 Å². The van der Waals surface area contributed by atoms with E-state index in [0.29, 0.717) is 105 Å². The highest BCUT2D eigenvalue weighted by Crippen LogP contribution is 2.47. The van der Waals surface area contributed by atoms with Gasteiger partial charge in [0.25, 0.3) is 0 Å². The van der Waals surface area contributed by atoms with Crippen molar-refractivity contribution in [3.63, 3.8) is 0 Å². The zero-order valence-electron chi connectivity index (χ0n) is 57.5. The first-order valence-electron chi connectivity index (χ1n) is 34.6. The molecule has 2 saturated heterocycles. The number of fused-ring (bicyclic) bond motifs is 2. The fourth-order valence-electron chi connectivity index (χ4n) is 12.8. The molecule has 0 spiro atoms. The van der Waals surface area contributed by atoms with Crippen molar-refractivity contribution in [3.05, 3.63) is 190 Å². The predicted octanol–water partition coefficient (Wildman–Crippen LogP) is 13.3. The summed E-state index contributed by atoms with van der Waals surface area (Å²) in [5, 5.41) is 30.6. The Morgan fingerprint density at radius 2 is 0.882 bits per heavy atom. The van der Waals surface area contributed by atoms with Gasteiger partial charge in [-0.2, -0.15) is 20.2 Å². The number of aliphatic carboxylic acids is 2. The van der Waals surface area contributed by atoms with Gasteiger partial charge >= 0.3 is 11.9 Å². The molecular weight excluding hydrogens is 1350 g/mol. The quantitative estimate of drug-likeness (QED) is 0.0468. The summed E-state index contributed by atoms with van der Waals surface area (Å²) in [7, 11) is 4.26. The molecule has 10 aromatic rings. The molecule has 6 aromatic carbocycles. The number of carboxylic acid groups (broad SMARTS) is 2. The van der Waals surface area contributed by atoms with Crippen LogP contribution in [0.1, 0.15) is 47.9 Å². The van der Waals surface area contributed by atoms with Crippen molar-refractivity contribution in [1.82, 2.24) is 48.8 Å². The monoisotopic (exact) mass is 1430 g/mol. The Balaban J connectivity index is 0.000000182. The number of likely N-dealkylation sites (N-methyl/N-ethyl adjacent to an activating group) is 2. The molecule has 0 amide bonds. The fraction of sp³-hybridized carbons (Fsp3) is 0.359. The van der Waals surface area contributed by atoms with Crippen molar-refractivity contribution in [3.8, 4) is 79.3 Å². The number of hydrogen-bond donors (Lipinski definition) is 2. The normalized spacial score (nSPS) is 15.9. The number of nitrogens with zero attached hydrogens (tertiary/aromatic N) is 10. The van der Waals surface area contributed by atoms with E-state index in [2.05, 4.69) is 53.9 Å². The molecule has 2 N–H and O–H groups in total. The van der Waals surface area contributed by atoms with Crippen LogP contribution < -0.4 is 28.4 Å². The van der Waals surface area contributed by atoms with Crippen molar-refractivity contribution in [1.29, 1.82) is 0 Å². The Morgan fingerprint density at radius 1 is 0.500 bits per heavy atom. The van der Waals surface area contributed by atoms with Crippen molar-refractivity contribution in [2.45, 2.75) is 64.6 Å². The first-order valence-corrected chi connectivity index (χ1v) is 35.4. The first kappa shape index (κ1) is 71.0. The lowest BCUT2D eigenvalue weighted by Crippen LogP contribution is -2.45. The molecule has 2 aliphatic carbocycles. The zero-order valence-corrected chi connectivity index (χ0v) is 59.0. The van der Waals surface area contributed by atoms with Gasteiger partial charge in [0.15, 0.2) is 0 Å². The maximum atomic E-state index is 14.1. The largest absolute Gasteiger partial charge is 0.493 e. The maximum absolute atomic E-state index is 14.1. The molecule has 20 nitrogen and oxygen atoms in total. The van der Waals surface area contributed by atoms with E-state index in [4.69, 9.17) is 51.6 Å². The fourth-order valence-corrected chi connectivity index (χ4v) is 13.3. The minimum atomic E-state index is -1.29.